The minimum atomic E-state index is -0.542. The van der Waals surface area contributed by atoms with Crippen LogP contribution < -0.4 is 4.74 Å². The van der Waals surface area contributed by atoms with Crippen molar-refractivity contribution in [3.05, 3.63) is 136 Å². The number of para-hydroxylation sites is 1. The number of benzene rings is 4. The number of nitrogens with zero attached hydrogens (tertiary/aromatic N) is 1. The molecule has 2 amide bonds. The molecule has 0 saturated heterocycles. The Morgan fingerprint density at radius 3 is 1.95 bits per heavy atom. The maximum Gasteiger partial charge on any atom is 0.306 e. The molecule has 6 heteroatoms. The summed E-state index contributed by atoms with van der Waals surface area (Å²) >= 11 is 0. The van der Waals surface area contributed by atoms with Crippen molar-refractivity contribution in [3.63, 3.8) is 0 Å². The topological polar surface area (TPSA) is 72.9 Å². The molecule has 1 aliphatic heterocycles. The van der Waals surface area contributed by atoms with E-state index in [0.717, 1.165) is 33.6 Å². The number of carbonyl (C=O) groups is 3. The first-order chi connectivity index (χ1) is 20.7. The SMILES string of the molecule is CC(C)(C)OC(=O)CCc1cc(CCN2C(=O)c3ccccc3C2=O)cc(Cc2ccccc2OCc2ccccc2)c1. The van der Waals surface area contributed by atoms with Gasteiger partial charge >= 0.3 is 5.97 Å². The van der Waals surface area contributed by atoms with Gasteiger partial charge in [-0.2, -0.15) is 0 Å². The van der Waals surface area contributed by atoms with Crippen LogP contribution in [0.5, 0.6) is 5.75 Å². The fraction of sp³-hybridized carbons (Fsp3) is 0.270. The molecule has 0 spiro atoms. The second-order valence-corrected chi connectivity index (χ2v) is 11.9. The van der Waals surface area contributed by atoms with Crippen LogP contribution in [-0.4, -0.2) is 34.8 Å². The number of carbonyl (C=O) groups excluding carboxylic acids is 3. The van der Waals surface area contributed by atoms with Gasteiger partial charge in [-0.25, -0.2) is 0 Å². The lowest BCUT2D eigenvalue weighted by molar-refractivity contribution is -0.154. The summed E-state index contributed by atoms with van der Waals surface area (Å²) in [5.74, 6) is 0.0565. The standard InChI is InChI=1S/C37H37NO5/c1-37(2,3)43-34(39)18-17-27-21-28(19-20-38-35(40)31-14-8-9-15-32(31)36(38)41)23-29(22-27)24-30-13-7-10-16-33(30)42-25-26-11-5-4-6-12-26/h4-16,21-23H,17-20,24-25H2,1-3H3. The predicted molar refractivity (Wildman–Crippen MR) is 166 cm³/mol. The van der Waals surface area contributed by atoms with Crippen molar-refractivity contribution in [1.29, 1.82) is 0 Å². The van der Waals surface area contributed by atoms with E-state index in [4.69, 9.17) is 9.47 Å². The van der Waals surface area contributed by atoms with E-state index in [9.17, 15) is 14.4 Å². The van der Waals surface area contributed by atoms with Crippen molar-refractivity contribution in [2.24, 2.45) is 0 Å². The quantitative estimate of drug-likeness (QED) is 0.143. The van der Waals surface area contributed by atoms with Crippen LogP contribution in [0.15, 0.2) is 97.1 Å². The monoisotopic (exact) mass is 575 g/mol. The molecular formula is C37H37NO5. The third-order valence-electron chi connectivity index (χ3n) is 7.26. The molecule has 43 heavy (non-hydrogen) atoms. The number of hydrogen-bond donors (Lipinski definition) is 0. The molecule has 4 aromatic rings. The smallest absolute Gasteiger partial charge is 0.306 e. The fourth-order valence-corrected chi connectivity index (χ4v) is 5.30. The Hall–Kier alpha value is -4.71. The van der Waals surface area contributed by atoms with Crippen molar-refractivity contribution >= 4 is 17.8 Å². The zero-order valence-corrected chi connectivity index (χ0v) is 25.0. The zero-order valence-electron chi connectivity index (χ0n) is 25.0. The van der Waals surface area contributed by atoms with Crippen molar-refractivity contribution in [2.75, 3.05) is 6.54 Å². The van der Waals surface area contributed by atoms with Crippen molar-refractivity contribution in [3.8, 4) is 5.75 Å². The van der Waals surface area contributed by atoms with Crippen LogP contribution in [0, 0.1) is 0 Å². The molecule has 0 atom stereocenters. The lowest BCUT2D eigenvalue weighted by Crippen LogP contribution is -2.31. The molecule has 0 fully saturated rings. The minimum Gasteiger partial charge on any atom is -0.489 e. The summed E-state index contributed by atoms with van der Waals surface area (Å²) in [6, 6.07) is 31.3. The molecule has 0 aliphatic carbocycles. The summed E-state index contributed by atoms with van der Waals surface area (Å²) in [4.78, 5) is 39.7. The van der Waals surface area contributed by atoms with Gasteiger partial charge in [0.05, 0.1) is 11.1 Å². The van der Waals surface area contributed by atoms with Crippen LogP contribution in [0.1, 0.15) is 75.7 Å². The number of ether oxygens (including phenoxy) is 2. The van der Waals surface area contributed by atoms with E-state index in [2.05, 4.69) is 24.3 Å². The Balaban J connectivity index is 1.35. The molecule has 0 radical (unpaired) electrons. The number of imide groups is 1. The third kappa shape index (κ3) is 7.77. The molecule has 4 aromatic carbocycles. The number of aryl methyl sites for hydroxylation is 1. The van der Waals surface area contributed by atoms with E-state index in [0.29, 0.717) is 37.0 Å². The van der Waals surface area contributed by atoms with E-state index in [1.807, 2.05) is 69.3 Å². The van der Waals surface area contributed by atoms with Gasteiger partial charge in [0, 0.05) is 19.4 Å². The van der Waals surface area contributed by atoms with E-state index in [1.165, 1.54) is 4.90 Å². The van der Waals surface area contributed by atoms with Crippen molar-refractivity contribution in [1.82, 2.24) is 4.90 Å². The highest BCUT2D eigenvalue weighted by atomic mass is 16.6. The van der Waals surface area contributed by atoms with Gasteiger partial charge in [-0.15, -0.1) is 0 Å². The van der Waals surface area contributed by atoms with Gasteiger partial charge in [-0.05, 0) is 79.6 Å². The van der Waals surface area contributed by atoms with Crippen LogP contribution in [0.25, 0.3) is 0 Å². The molecule has 0 aromatic heterocycles. The number of amides is 2. The Labute approximate surface area is 253 Å². The number of hydrogen-bond acceptors (Lipinski definition) is 5. The van der Waals surface area contributed by atoms with Gasteiger partial charge in [0.15, 0.2) is 0 Å². The highest BCUT2D eigenvalue weighted by molar-refractivity contribution is 6.21. The second-order valence-electron chi connectivity index (χ2n) is 11.9. The number of esters is 1. The first kappa shape index (κ1) is 29.8. The summed E-state index contributed by atoms with van der Waals surface area (Å²) in [5, 5.41) is 0. The normalized spacial score (nSPS) is 12.8. The summed E-state index contributed by atoms with van der Waals surface area (Å²) in [5.41, 5.74) is 5.57. The number of rotatable bonds is 11. The molecule has 0 saturated carbocycles. The maximum absolute atomic E-state index is 12.9. The summed E-state index contributed by atoms with van der Waals surface area (Å²) in [6.07, 6.45) is 1.92. The summed E-state index contributed by atoms with van der Waals surface area (Å²) in [6.45, 7) is 6.33. The van der Waals surface area contributed by atoms with Crippen LogP contribution in [-0.2, 0) is 35.4 Å². The molecule has 1 aliphatic rings. The molecule has 0 bridgehead atoms. The van der Waals surface area contributed by atoms with E-state index in [1.54, 1.807) is 24.3 Å². The van der Waals surface area contributed by atoms with Gasteiger partial charge in [0.1, 0.15) is 18.0 Å². The highest BCUT2D eigenvalue weighted by Gasteiger charge is 2.34. The van der Waals surface area contributed by atoms with Crippen molar-refractivity contribution < 1.29 is 23.9 Å². The van der Waals surface area contributed by atoms with Crippen LogP contribution in [0.3, 0.4) is 0 Å². The Morgan fingerprint density at radius 2 is 1.28 bits per heavy atom. The zero-order chi connectivity index (χ0) is 30.4. The highest BCUT2D eigenvalue weighted by Crippen LogP contribution is 2.26. The molecule has 1 heterocycles. The first-order valence-electron chi connectivity index (χ1n) is 14.7. The second kappa shape index (κ2) is 13.1. The predicted octanol–water partition coefficient (Wildman–Crippen LogP) is 6.97. The maximum atomic E-state index is 12.9. The molecule has 220 valence electrons. The van der Waals surface area contributed by atoms with Crippen molar-refractivity contribution in [2.45, 2.75) is 58.7 Å². The van der Waals surface area contributed by atoms with Crippen LogP contribution in [0.4, 0.5) is 0 Å². The lowest BCUT2D eigenvalue weighted by Gasteiger charge is -2.19. The van der Waals surface area contributed by atoms with Crippen LogP contribution >= 0.6 is 0 Å². The van der Waals surface area contributed by atoms with Gasteiger partial charge in [0.2, 0.25) is 0 Å². The minimum absolute atomic E-state index is 0.245. The van der Waals surface area contributed by atoms with E-state index >= 15 is 0 Å². The number of fused-ring (bicyclic) bond motifs is 1. The lowest BCUT2D eigenvalue weighted by atomic mass is 9.96. The molecule has 6 nitrogen and oxygen atoms in total. The molecule has 0 unspecified atom stereocenters. The molecule has 5 rings (SSSR count). The van der Waals surface area contributed by atoms with Gasteiger partial charge in [-0.1, -0.05) is 78.9 Å². The third-order valence-corrected chi connectivity index (χ3v) is 7.26. The molecule has 0 N–H and O–H groups in total. The Bertz CT molecular complexity index is 1580. The summed E-state index contributed by atoms with van der Waals surface area (Å²) < 4.78 is 11.7. The average molecular weight is 576 g/mol. The van der Waals surface area contributed by atoms with Gasteiger partial charge < -0.3 is 9.47 Å². The Kier molecular flexibility index (Phi) is 9.05. The van der Waals surface area contributed by atoms with Gasteiger partial charge in [-0.3, -0.25) is 19.3 Å². The largest absolute Gasteiger partial charge is 0.489 e. The van der Waals surface area contributed by atoms with Crippen LogP contribution in [0.2, 0.25) is 0 Å². The fourth-order valence-electron chi connectivity index (χ4n) is 5.30. The van der Waals surface area contributed by atoms with E-state index < -0.39 is 5.60 Å². The molecular weight excluding hydrogens is 538 g/mol. The van der Waals surface area contributed by atoms with E-state index in [-0.39, 0.29) is 30.7 Å². The Morgan fingerprint density at radius 1 is 0.698 bits per heavy atom. The average Bonchev–Trinajstić information content (AvgIpc) is 3.23. The van der Waals surface area contributed by atoms with Gasteiger partial charge in [0.25, 0.3) is 11.8 Å². The first-order valence-corrected chi connectivity index (χ1v) is 14.7. The summed E-state index contributed by atoms with van der Waals surface area (Å²) in [7, 11) is 0.